The molecule has 0 atom stereocenters. The van der Waals surface area contributed by atoms with Gasteiger partial charge in [-0.2, -0.15) is 15.0 Å². The number of hydrogen-bond acceptors (Lipinski definition) is 3. The van der Waals surface area contributed by atoms with Gasteiger partial charge >= 0.3 is 0 Å². The van der Waals surface area contributed by atoms with Crippen molar-refractivity contribution in [3.8, 4) is 11.3 Å². The van der Waals surface area contributed by atoms with Gasteiger partial charge in [0, 0.05) is 17.7 Å². The molecule has 5 heteroatoms. The molecule has 2 aromatic carbocycles. The van der Waals surface area contributed by atoms with Gasteiger partial charge in [0.15, 0.2) is 0 Å². The molecule has 3 rings (SSSR count). The summed E-state index contributed by atoms with van der Waals surface area (Å²) in [6, 6.07) is 16.7. The molecule has 0 saturated carbocycles. The number of halogens is 1. The van der Waals surface area contributed by atoms with Crippen LogP contribution in [0.1, 0.15) is 25.1 Å². The third-order valence-electron chi connectivity index (χ3n) is 3.89. The minimum Gasteiger partial charge on any atom is -0.311 e. The van der Waals surface area contributed by atoms with Crippen molar-refractivity contribution < 1.29 is 4.39 Å². The zero-order chi connectivity index (χ0) is 17.6. The number of nitrogens with one attached hydrogen (secondary N) is 1. The van der Waals surface area contributed by atoms with Crippen molar-refractivity contribution in [3.05, 3.63) is 71.7 Å². The highest BCUT2D eigenvalue weighted by Gasteiger charge is 2.14. The first kappa shape index (κ1) is 17.3. The van der Waals surface area contributed by atoms with Crippen LogP contribution in [0.5, 0.6) is 0 Å². The average molecular weight is 338 g/mol. The largest absolute Gasteiger partial charge is 0.311 e. The molecular weight excluding hydrogens is 315 g/mol. The maximum atomic E-state index is 13.9. The van der Waals surface area contributed by atoms with E-state index >= 15 is 0 Å². The van der Waals surface area contributed by atoms with Crippen molar-refractivity contribution >= 4 is 0 Å². The molecule has 3 aromatic rings. The zero-order valence-corrected chi connectivity index (χ0v) is 14.6. The second-order valence-corrected chi connectivity index (χ2v) is 6.51. The molecule has 25 heavy (non-hydrogen) atoms. The SMILES string of the molecule is CC(C)CNCc1nn(Cc2ccccc2F)nc1-c1ccccc1. The second kappa shape index (κ2) is 8.03. The van der Waals surface area contributed by atoms with E-state index in [0.29, 0.717) is 24.6 Å². The van der Waals surface area contributed by atoms with Crippen LogP contribution < -0.4 is 5.32 Å². The first-order valence-electron chi connectivity index (χ1n) is 8.57. The monoisotopic (exact) mass is 338 g/mol. The number of hydrogen-bond donors (Lipinski definition) is 1. The Hall–Kier alpha value is -2.53. The molecule has 0 unspecified atom stereocenters. The summed E-state index contributed by atoms with van der Waals surface area (Å²) in [7, 11) is 0. The normalized spacial score (nSPS) is 11.2. The van der Waals surface area contributed by atoms with Gasteiger partial charge in [-0.25, -0.2) is 4.39 Å². The highest BCUT2D eigenvalue weighted by atomic mass is 19.1. The number of rotatable bonds is 7. The van der Waals surface area contributed by atoms with Crippen LogP contribution in [0.2, 0.25) is 0 Å². The summed E-state index contributed by atoms with van der Waals surface area (Å²) in [4.78, 5) is 1.58. The number of aromatic nitrogens is 3. The van der Waals surface area contributed by atoms with Crippen LogP contribution in [-0.2, 0) is 13.1 Å². The lowest BCUT2D eigenvalue weighted by Gasteiger charge is -2.06. The van der Waals surface area contributed by atoms with E-state index in [4.69, 9.17) is 0 Å². The maximum absolute atomic E-state index is 13.9. The van der Waals surface area contributed by atoms with E-state index in [0.717, 1.165) is 23.5 Å². The molecule has 0 aliphatic heterocycles. The van der Waals surface area contributed by atoms with Crippen molar-refractivity contribution in [2.45, 2.75) is 26.9 Å². The van der Waals surface area contributed by atoms with Gasteiger partial charge in [-0.3, -0.25) is 0 Å². The summed E-state index contributed by atoms with van der Waals surface area (Å²) >= 11 is 0. The molecule has 0 aliphatic carbocycles. The van der Waals surface area contributed by atoms with Crippen LogP contribution in [-0.4, -0.2) is 21.5 Å². The highest BCUT2D eigenvalue weighted by Crippen LogP contribution is 2.20. The lowest BCUT2D eigenvalue weighted by molar-refractivity contribution is 0.528. The molecule has 0 bridgehead atoms. The predicted octanol–water partition coefficient (Wildman–Crippen LogP) is 3.88. The van der Waals surface area contributed by atoms with E-state index in [1.165, 1.54) is 6.07 Å². The van der Waals surface area contributed by atoms with Crippen molar-refractivity contribution in [2.75, 3.05) is 6.54 Å². The van der Waals surface area contributed by atoms with Crippen LogP contribution in [0.3, 0.4) is 0 Å². The molecule has 1 heterocycles. The Morgan fingerprint density at radius 3 is 2.44 bits per heavy atom. The van der Waals surface area contributed by atoms with Crippen LogP contribution in [0.15, 0.2) is 54.6 Å². The van der Waals surface area contributed by atoms with Gasteiger partial charge in [-0.15, -0.1) is 0 Å². The van der Waals surface area contributed by atoms with E-state index in [2.05, 4.69) is 29.4 Å². The molecule has 4 nitrogen and oxygen atoms in total. The van der Waals surface area contributed by atoms with Gasteiger partial charge in [-0.1, -0.05) is 62.4 Å². The van der Waals surface area contributed by atoms with Gasteiger partial charge in [0.2, 0.25) is 0 Å². The summed E-state index contributed by atoms with van der Waals surface area (Å²) < 4.78 is 13.9. The second-order valence-electron chi connectivity index (χ2n) is 6.51. The van der Waals surface area contributed by atoms with Crippen LogP contribution in [0.4, 0.5) is 4.39 Å². The van der Waals surface area contributed by atoms with Crippen molar-refractivity contribution in [3.63, 3.8) is 0 Å². The standard InChI is InChI=1S/C20H23FN4/c1-15(2)12-22-13-19-20(16-8-4-3-5-9-16)24-25(23-19)14-17-10-6-7-11-18(17)21/h3-11,15,22H,12-14H2,1-2H3. The topological polar surface area (TPSA) is 42.7 Å². The lowest BCUT2D eigenvalue weighted by atomic mass is 10.1. The molecule has 0 radical (unpaired) electrons. The third kappa shape index (κ3) is 4.51. The first-order chi connectivity index (χ1) is 12.1. The van der Waals surface area contributed by atoms with Gasteiger partial charge < -0.3 is 5.32 Å². The molecule has 0 aliphatic rings. The third-order valence-corrected chi connectivity index (χ3v) is 3.89. The van der Waals surface area contributed by atoms with Crippen LogP contribution >= 0.6 is 0 Å². The molecule has 0 fully saturated rings. The number of benzene rings is 2. The Bertz CT molecular complexity index is 812. The van der Waals surface area contributed by atoms with Gasteiger partial charge in [-0.05, 0) is 18.5 Å². The molecule has 1 N–H and O–H groups in total. The first-order valence-corrected chi connectivity index (χ1v) is 8.57. The Morgan fingerprint density at radius 1 is 1.00 bits per heavy atom. The minimum atomic E-state index is -0.236. The van der Waals surface area contributed by atoms with Gasteiger partial charge in [0.1, 0.15) is 17.2 Å². The fraction of sp³-hybridized carbons (Fsp3) is 0.300. The van der Waals surface area contributed by atoms with Crippen molar-refractivity contribution in [1.29, 1.82) is 0 Å². The molecule has 0 saturated heterocycles. The summed E-state index contributed by atoms with van der Waals surface area (Å²) in [6.45, 7) is 6.20. The Labute approximate surface area is 147 Å². The van der Waals surface area contributed by atoms with Crippen molar-refractivity contribution in [1.82, 2.24) is 20.3 Å². The maximum Gasteiger partial charge on any atom is 0.128 e. The molecule has 0 amide bonds. The van der Waals surface area contributed by atoms with Crippen LogP contribution in [0.25, 0.3) is 11.3 Å². The summed E-state index contributed by atoms with van der Waals surface area (Å²) in [6.07, 6.45) is 0. The van der Waals surface area contributed by atoms with E-state index in [1.807, 2.05) is 36.4 Å². The van der Waals surface area contributed by atoms with E-state index < -0.39 is 0 Å². The Morgan fingerprint density at radius 2 is 1.72 bits per heavy atom. The van der Waals surface area contributed by atoms with Crippen LogP contribution in [0, 0.1) is 11.7 Å². The molecule has 1 aromatic heterocycles. The molecule has 130 valence electrons. The van der Waals surface area contributed by atoms with Gasteiger partial charge in [0.05, 0.1) is 6.54 Å². The summed E-state index contributed by atoms with van der Waals surface area (Å²) in [5, 5.41) is 12.6. The molecule has 0 spiro atoms. The quantitative estimate of drug-likeness (QED) is 0.711. The fourth-order valence-corrected chi connectivity index (χ4v) is 2.65. The number of nitrogens with zero attached hydrogens (tertiary/aromatic N) is 3. The van der Waals surface area contributed by atoms with E-state index in [1.54, 1.807) is 16.9 Å². The summed E-state index contributed by atoms with van der Waals surface area (Å²) in [5.74, 6) is 0.328. The lowest BCUT2D eigenvalue weighted by Crippen LogP contribution is -2.19. The Balaban J connectivity index is 1.87. The molecular formula is C20H23FN4. The van der Waals surface area contributed by atoms with Gasteiger partial charge in [0.25, 0.3) is 0 Å². The Kier molecular flexibility index (Phi) is 5.56. The zero-order valence-electron chi connectivity index (χ0n) is 14.6. The fourth-order valence-electron chi connectivity index (χ4n) is 2.65. The van der Waals surface area contributed by atoms with Crippen molar-refractivity contribution in [2.24, 2.45) is 5.92 Å². The predicted molar refractivity (Wildman–Crippen MR) is 97.5 cm³/mol. The minimum absolute atomic E-state index is 0.236. The smallest absolute Gasteiger partial charge is 0.128 e. The average Bonchev–Trinajstić information content (AvgIpc) is 3.00. The highest BCUT2D eigenvalue weighted by molar-refractivity contribution is 5.60. The van der Waals surface area contributed by atoms with E-state index in [-0.39, 0.29) is 5.82 Å². The summed E-state index contributed by atoms with van der Waals surface area (Å²) in [5.41, 5.74) is 3.32. The van der Waals surface area contributed by atoms with E-state index in [9.17, 15) is 4.39 Å².